The zero-order valence-corrected chi connectivity index (χ0v) is 12.3. The lowest BCUT2D eigenvalue weighted by atomic mass is 10.3. The van der Waals surface area contributed by atoms with Gasteiger partial charge in [-0.2, -0.15) is 0 Å². The quantitative estimate of drug-likeness (QED) is 0.398. The highest BCUT2D eigenvalue weighted by molar-refractivity contribution is 5.79. The van der Waals surface area contributed by atoms with Gasteiger partial charge in [0, 0.05) is 26.4 Å². The molecule has 0 bridgehead atoms. The second-order valence-electron chi connectivity index (χ2n) is 4.05. The molecule has 6 heteroatoms. The maximum absolute atomic E-state index is 5.38. The van der Waals surface area contributed by atoms with Crippen LogP contribution in [0.2, 0.25) is 0 Å². The highest BCUT2D eigenvalue weighted by Gasteiger charge is 1.97. The Balaban J connectivity index is 2.28. The van der Waals surface area contributed by atoms with Gasteiger partial charge in [-0.15, -0.1) is 0 Å². The third-order valence-corrected chi connectivity index (χ3v) is 2.44. The van der Waals surface area contributed by atoms with Gasteiger partial charge in [0.05, 0.1) is 32.1 Å². The molecule has 1 aromatic rings. The minimum Gasteiger partial charge on any atom is -0.382 e. The van der Waals surface area contributed by atoms with Crippen molar-refractivity contribution in [1.29, 1.82) is 0 Å². The summed E-state index contributed by atoms with van der Waals surface area (Å²) in [5.41, 5.74) is 0.945. The van der Waals surface area contributed by atoms with Gasteiger partial charge < -0.3 is 20.1 Å². The number of pyridine rings is 1. The van der Waals surface area contributed by atoms with Crippen molar-refractivity contribution < 1.29 is 9.47 Å². The van der Waals surface area contributed by atoms with E-state index in [9.17, 15) is 0 Å². The number of aliphatic imine (C=N–C) groups is 1. The summed E-state index contributed by atoms with van der Waals surface area (Å²) in [6.07, 6.45) is 1.77. The van der Waals surface area contributed by atoms with E-state index in [1.165, 1.54) is 0 Å². The number of hydrogen-bond acceptors (Lipinski definition) is 4. The topological polar surface area (TPSA) is 67.8 Å². The van der Waals surface area contributed by atoms with Gasteiger partial charge >= 0.3 is 0 Å². The van der Waals surface area contributed by atoms with Crippen molar-refractivity contribution in [1.82, 2.24) is 15.6 Å². The van der Waals surface area contributed by atoms with Crippen molar-refractivity contribution in [3.8, 4) is 0 Å². The Morgan fingerprint density at radius 2 is 2.15 bits per heavy atom. The standard InChI is InChI=1S/C14H24N4O2/c1-3-15-14(17-8-9-20-11-10-19-2)18-12-13-6-4-5-7-16-13/h4-7H,3,8-12H2,1-2H3,(H2,15,17,18). The molecule has 0 saturated carbocycles. The van der Waals surface area contributed by atoms with Crippen molar-refractivity contribution in [2.24, 2.45) is 4.99 Å². The Labute approximate surface area is 120 Å². The fraction of sp³-hybridized carbons (Fsp3) is 0.571. The number of aromatic nitrogens is 1. The lowest BCUT2D eigenvalue weighted by molar-refractivity contribution is 0.0733. The van der Waals surface area contributed by atoms with Crippen LogP contribution in [0.4, 0.5) is 0 Å². The van der Waals surface area contributed by atoms with E-state index in [2.05, 4.69) is 20.6 Å². The van der Waals surface area contributed by atoms with Crippen LogP contribution in [0, 0.1) is 0 Å². The second-order valence-corrected chi connectivity index (χ2v) is 4.05. The van der Waals surface area contributed by atoms with Crippen molar-refractivity contribution in [2.45, 2.75) is 13.5 Å². The van der Waals surface area contributed by atoms with Crippen molar-refractivity contribution in [3.63, 3.8) is 0 Å². The van der Waals surface area contributed by atoms with E-state index in [0.717, 1.165) is 18.2 Å². The van der Waals surface area contributed by atoms with Gasteiger partial charge in [0.2, 0.25) is 0 Å². The van der Waals surface area contributed by atoms with Gasteiger partial charge in [0.15, 0.2) is 5.96 Å². The van der Waals surface area contributed by atoms with Crippen LogP contribution in [0.15, 0.2) is 29.4 Å². The zero-order chi connectivity index (χ0) is 14.5. The molecule has 0 radical (unpaired) electrons. The van der Waals surface area contributed by atoms with E-state index in [0.29, 0.717) is 32.9 Å². The Bertz CT molecular complexity index is 371. The van der Waals surface area contributed by atoms with E-state index < -0.39 is 0 Å². The Hall–Kier alpha value is -1.66. The first-order valence-corrected chi connectivity index (χ1v) is 6.85. The number of rotatable bonds is 9. The summed E-state index contributed by atoms with van der Waals surface area (Å²) in [6, 6.07) is 5.82. The zero-order valence-electron chi connectivity index (χ0n) is 12.3. The fourth-order valence-corrected chi connectivity index (χ4v) is 1.48. The first-order chi connectivity index (χ1) is 9.86. The van der Waals surface area contributed by atoms with Crippen molar-refractivity contribution >= 4 is 5.96 Å². The summed E-state index contributed by atoms with van der Waals surface area (Å²) < 4.78 is 10.3. The van der Waals surface area contributed by atoms with Crippen LogP contribution >= 0.6 is 0 Å². The lowest BCUT2D eigenvalue weighted by Gasteiger charge is -2.11. The van der Waals surface area contributed by atoms with Crippen LogP contribution < -0.4 is 10.6 Å². The van der Waals surface area contributed by atoms with Crippen molar-refractivity contribution in [3.05, 3.63) is 30.1 Å². The smallest absolute Gasteiger partial charge is 0.191 e. The predicted molar refractivity (Wildman–Crippen MR) is 79.8 cm³/mol. The Morgan fingerprint density at radius 3 is 2.85 bits per heavy atom. The largest absolute Gasteiger partial charge is 0.382 e. The summed E-state index contributed by atoms with van der Waals surface area (Å²) in [6.45, 7) is 5.97. The normalized spacial score (nSPS) is 11.4. The molecule has 2 N–H and O–H groups in total. The number of methoxy groups -OCH3 is 1. The summed E-state index contributed by atoms with van der Waals surface area (Å²) in [4.78, 5) is 8.71. The van der Waals surface area contributed by atoms with Crippen molar-refractivity contribution in [2.75, 3.05) is 40.0 Å². The third kappa shape index (κ3) is 7.70. The minimum absolute atomic E-state index is 0.556. The maximum atomic E-state index is 5.38. The number of nitrogens with one attached hydrogen (secondary N) is 2. The van der Waals surface area contributed by atoms with Crippen LogP contribution in [-0.2, 0) is 16.0 Å². The molecule has 20 heavy (non-hydrogen) atoms. The molecule has 0 aliphatic rings. The minimum atomic E-state index is 0.556. The molecule has 0 aromatic carbocycles. The van der Waals surface area contributed by atoms with Crippen LogP contribution in [0.25, 0.3) is 0 Å². The van der Waals surface area contributed by atoms with Crippen LogP contribution in [0.5, 0.6) is 0 Å². The number of ether oxygens (including phenoxy) is 2. The van der Waals surface area contributed by atoms with Gasteiger partial charge in [-0.05, 0) is 19.1 Å². The monoisotopic (exact) mass is 280 g/mol. The SMILES string of the molecule is CCNC(=NCc1ccccn1)NCCOCCOC. The summed E-state index contributed by atoms with van der Waals surface area (Å²) in [5.74, 6) is 0.772. The molecule has 0 amide bonds. The van der Waals surface area contributed by atoms with Gasteiger partial charge in [-0.3, -0.25) is 4.98 Å². The number of guanidine groups is 1. The van der Waals surface area contributed by atoms with Crippen LogP contribution in [0.3, 0.4) is 0 Å². The van der Waals surface area contributed by atoms with Crippen LogP contribution in [-0.4, -0.2) is 51.0 Å². The van der Waals surface area contributed by atoms with E-state index in [-0.39, 0.29) is 0 Å². The molecule has 112 valence electrons. The van der Waals surface area contributed by atoms with E-state index in [1.807, 2.05) is 25.1 Å². The molecule has 1 aromatic heterocycles. The van der Waals surface area contributed by atoms with Gasteiger partial charge in [0.1, 0.15) is 0 Å². The van der Waals surface area contributed by atoms with Gasteiger partial charge in [-0.1, -0.05) is 6.07 Å². The number of hydrogen-bond donors (Lipinski definition) is 2. The van der Waals surface area contributed by atoms with E-state index in [1.54, 1.807) is 13.3 Å². The molecule has 0 spiro atoms. The average molecular weight is 280 g/mol. The molecule has 0 fully saturated rings. The molecular weight excluding hydrogens is 256 g/mol. The Morgan fingerprint density at radius 1 is 1.25 bits per heavy atom. The molecule has 0 saturated heterocycles. The van der Waals surface area contributed by atoms with Crippen LogP contribution in [0.1, 0.15) is 12.6 Å². The fourth-order valence-electron chi connectivity index (χ4n) is 1.48. The summed E-state index contributed by atoms with van der Waals surface area (Å²) >= 11 is 0. The van der Waals surface area contributed by atoms with Gasteiger partial charge in [-0.25, -0.2) is 4.99 Å². The maximum Gasteiger partial charge on any atom is 0.191 e. The molecule has 0 atom stereocenters. The highest BCUT2D eigenvalue weighted by Crippen LogP contribution is 1.95. The van der Waals surface area contributed by atoms with Gasteiger partial charge in [0.25, 0.3) is 0 Å². The second kappa shape index (κ2) is 11.2. The molecule has 6 nitrogen and oxygen atoms in total. The summed E-state index contributed by atoms with van der Waals surface area (Å²) in [5, 5.41) is 6.40. The molecule has 0 unspecified atom stereocenters. The van der Waals surface area contributed by atoms with E-state index >= 15 is 0 Å². The number of nitrogens with zero attached hydrogens (tertiary/aromatic N) is 2. The molecule has 0 aliphatic heterocycles. The molecule has 0 aliphatic carbocycles. The molecular formula is C14H24N4O2. The highest BCUT2D eigenvalue weighted by atomic mass is 16.5. The molecule has 1 heterocycles. The summed E-state index contributed by atoms with van der Waals surface area (Å²) in [7, 11) is 1.66. The third-order valence-electron chi connectivity index (χ3n) is 2.44. The predicted octanol–water partition coefficient (Wildman–Crippen LogP) is 0.800. The lowest BCUT2D eigenvalue weighted by Crippen LogP contribution is -2.39. The van der Waals surface area contributed by atoms with E-state index in [4.69, 9.17) is 9.47 Å². The Kier molecular flexibility index (Phi) is 9.17. The molecule has 1 rings (SSSR count). The average Bonchev–Trinajstić information content (AvgIpc) is 2.49. The first-order valence-electron chi connectivity index (χ1n) is 6.85. The first kappa shape index (κ1) is 16.4.